The van der Waals surface area contributed by atoms with Crippen LogP contribution in [-0.2, 0) is 6.42 Å². The van der Waals surface area contributed by atoms with E-state index in [0.29, 0.717) is 23.8 Å². The van der Waals surface area contributed by atoms with Gasteiger partial charge in [-0.3, -0.25) is 10.2 Å². The number of aryl methyl sites for hydroxylation is 1. The number of anilines is 1. The molecule has 2 rings (SSSR count). The number of nitrogens with two attached hydrogens (primary N) is 1. The zero-order chi connectivity index (χ0) is 15.2. The van der Waals surface area contributed by atoms with Crippen molar-refractivity contribution in [1.29, 1.82) is 0 Å². The summed E-state index contributed by atoms with van der Waals surface area (Å²) >= 11 is 5.83. The van der Waals surface area contributed by atoms with Gasteiger partial charge in [-0.2, -0.15) is 0 Å². The Balaban J connectivity index is 1.93. The van der Waals surface area contributed by atoms with Gasteiger partial charge in [0.15, 0.2) is 0 Å². The summed E-state index contributed by atoms with van der Waals surface area (Å²) < 4.78 is 0. The molecule has 21 heavy (non-hydrogen) atoms. The number of hydrazine groups is 1. The summed E-state index contributed by atoms with van der Waals surface area (Å²) in [5.74, 6) is 5.17. The number of benzene rings is 1. The highest BCUT2D eigenvalue weighted by atomic mass is 35.5. The second-order valence-corrected chi connectivity index (χ2v) is 4.91. The van der Waals surface area contributed by atoms with Crippen molar-refractivity contribution < 1.29 is 4.79 Å². The first-order chi connectivity index (χ1) is 10.1. The lowest BCUT2D eigenvalue weighted by atomic mass is 10.1. The SMILES string of the molecule is Cc1nc(NCCc2ccc(Cl)cc2)ncc1C(=O)NN. The normalized spacial score (nSPS) is 10.2. The van der Waals surface area contributed by atoms with Gasteiger partial charge in [0.2, 0.25) is 5.95 Å². The van der Waals surface area contributed by atoms with E-state index in [1.165, 1.54) is 11.8 Å². The number of aromatic nitrogens is 2. The van der Waals surface area contributed by atoms with E-state index in [0.717, 1.165) is 11.4 Å². The Morgan fingerprint density at radius 2 is 2.05 bits per heavy atom. The summed E-state index contributed by atoms with van der Waals surface area (Å²) in [5, 5.41) is 3.84. The Hall–Kier alpha value is -2.18. The molecular formula is C14H16ClN5O. The molecule has 0 radical (unpaired) electrons. The van der Waals surface area contributed by atoms with Gasteiger partial charge in [-0.1, -0.05) is 23.7 Å². The Kier molecular flexibility index (Phi) is 5.08. The summed E-state index contributed by atoms with van der Waals surface area (Å²) in [6, 6.07) is 7.67. The fraction of sp³-hybridized carbons (Fsp3) is 0.214. The topological polar surface area (TPSA) is 92.9 Å². The van der Waals surface area contributed by atoms with Gasteiger partial charge in [-0.15, -0.1) is 0 Å². The standard InChI is InChI=1S/C14H16ClN5O/c1-9-12(13(21)20-16)8-18-14(19-9)17-7-6-10-2-4-11(15)5-3-10/h2-5,8H,6-7,16H2,1H3,(H,20,21)(H,17,18,19). The van der Waals surface area contributed by atoms with Gasteiger partial charge in [-0.05, 0) is 31.0 Å². The summed E-state index contributed by atoms with van der Waals surface area (Å²) in [5.41, 5.74) is 4.16. The number of rotatable bonds is 5. The lowest BCUT2D eigenvalue weighted by Gasteiger charge is -2.08. The second-order valence-electron chi connectivity index (χ2n) is 4.47. The van der Waals surface area contributed by atoms with Crippen LogP contribution in [0, 0.1) is 6.92 Å². The third kappa shape index (κ3) is 4.14. The van der Waals surface area contributed by atoms with Crippen LogP contribution in [0.25, 0.3) is 0 Å². The van der Waals surface area contributed by atoms with Crippen LogP contribution in [0.4, 0.5) is 5.95 Å². The van der Waals surface area contributed by atoms with E-state index in [-0.39, 0.29) is 0 Å². The van der Waals surface area contributed by atoms with Crippen LogP contribution >= 0.6 is 11.6 Å². The fourth-order valence-corrected chi connectivity index (χ4v) is 1.95. The summed E-state index contributed by atoms with van der Waals surface area (Å²) in [4.78, 5) is 19.7. The first-order valence-electron chi connectivity index (χ1n) is 6.43. The van der Waals surface area contributed by atoms with Gasteiger partial charge in [0.25, 0.3) is 5.91 Å². The number of nitrogens with one attached hydrogen (secondary N) is 2. The van der Waals surface area contributed by atoms with E-state index >= 15 is 0 Å². The minimum atomic E-state index is -0.403. The molecule has 110 valence electrons. The molecule has 0 bridgehead atoms. The minimum absolute atomic E-state index is 0.362. The molecule has 1 aromatic carbocycles. The molecular weight excluding hydrogens is 290 g/mol. The van der Waals surface area contributed by atoms with Crippen molar-refractivity contribution in [3.05, 3.63) is 52.3 Å². The van der Waals surface area contributed by atoms with Gasteiger partial charge in [-0.25, -0.2) is 15.8 Å². The number of amides is 1. The maximum absolute atomic E-state index is 11.4. The Labute approximate surface area is 127 Å². The van der Waals surface area contributed by atoms with Crippen molar-refractivity contribution in [3.8, 4) is 0 Å². The molecule has 0 saturated carbocycles. The quantitative estimate of drug-likeness (QED) is 0.444. The van der Waals surface area contributed by atoms with Crippen molar-refractivity contribution in [2.75, 3.05) is 11.9 Å². The molecule has 0 spiro atoms. The van der Waals surface area contributed by atoms with Crippen LogP contribution in [0.3, 0.4) is 0 Å². The molecule has 2 aromatic rings. The molecule has 0 saturated heterocycles. The largest absolute Gasteiger partial charge is 0.354 e. The van der Waals surface area contributed by atoms with Crippen LogP contribution in [0.5, 0.6) is 0 Å². The van der Waals surface area contributed by atoms with E-state index in [1.807, 2.05) is 24.3 Å². The number of carbonyl (C=O) groups is 1. The van der Waals surface area contributed by atoms with Crippen LogP contribution in [0.1, 0.15) is 21.6 Å². The van der Waals surface area contributed by atoms with Gasteiger partial charge < -0.3 is 5.32 Å². The fourth-order valence-electron chi connectivity index (χ4n) is 1.82. The number of hydrogen-bond donors (Lipinski definition) is 3. The van der Waals surface area contributed by atoms with Gasteiger partial charge in [0.05, 0.1) is 11.3 Å². The third-order valence-electron chi connectivity index (χ3n) is 2.97. The van der Waals surface area contributed by atoms with Crippen molar-refractivity contribution in [2.45, 2.75) is 13.3 Å². The number of nitrogens with zero attached hydrogens (tertiary/aromatic N) is 2. The highest BCUT2D eigenvalue weighted by Gasteiger charge is 2.09. The predicted molar refractivity (Wildman–Crippen MR) is 82.1 cm³/mol. The lowest BCUT2D eigenvalue weighted by Crippen LogP contribution is -2.31. The van der Waals surface area contributed by atoms with Gasteiger partial charge in [0.1, 0.15) is 0 Å². The molecule has 7 heteroatoms. The van der Waals surface area contributed by atoms with Crippen molar-refractivity contribution in [2.24, 2.45) is 5.84 Å². The summed E-state index contributed by atoms with van der Waals surface area (Å²) in [6.07, 6.45) is 2.28. The van der Waals surface area contributed by atoms with Gasteiger partial charge in [0, 0.05) is 17.8 Å². The van der Waals surface area contributed by atoms with E-state index in [2.05, 4.69) is 20.7 Å². The Morgan fingerprint density at radius 3 is 2.67 bits per heavy atom. The molecule has 0 fully saturated rings. The minimum Gasteiger partial charge on any atom is -0.354 e. The highest BCUT2D eigenvalue weighted by Crippen LogP contribution is 2.10. The molecule has 0 aliphatic rings. The smallest absolute Gasteiger partial charge is 0.268 e. The maximum atomic E-state index is 11.4. The second kappa shape index (κ2) is 7.01. The number of hydrogen-bond acceptors (Lipinski definition) is 5. The van der Waals surface area contributed by atoms with Crippen molar-refractivity contribution >= 4 is 23.5 Å². The van der Waals surface area contributed by atoms with Crippen LogP contribution < -0.4 is 16.6 Å². The molecule has 0 aliphatic carbocycles. The molecule has 0 unspecified atom stereocenters. The highest BCUT2D eigenvalue weighted by molar-refractivity contribution is 6.30. The average Bonchev–Trinajstić information content (AvgIpc) is 2.49. The first-order valence-corrected chi connectivity index (χ1v) is 6.81. The molecule has 0 aliphatic heterocycles. The van der Waals surface area contributed by atoms with Crippen molar-refractivity contribution in [3.63, 3.8) is 0 Å². The van der Waals surface area contributed by atoms with E-state index in [4.69, 9.17) is 17.4 Å². The molecule has 1 aromatic heterocycles. The number of halogens is 1. The van der Waals surface area contributed by atoms with Crippen LogP contribution in [0.2, 0.25) is 5.02 Å². The first kappa shape index (κ1) is 15.2. The molecule has 4 N–H and O–H groups in total. The zero-order valence-electron chi connectivity index (χ0n) is 11.6. The average molecular weight is 306 g/mol. The van der Waals surface area contributed by atoms with Crippen LogP contribution in [-0.4, -0.2) is 22.4 Å². The third-order valence-corrected chi connectivity index (χ3v) is 3.22. The van der Waals surface area contributed by atoms with E-state index in [9.17, 15) is 4.79 Å². The molecule has 1 amide bonds. The number of carbonyl (C=O) groups excluding carboxylic acids is 1. The van der Waals surface area contributed by atoms with Crippen molar-refractivity contribution in [1.82, 2.24) is 15.4 Å². The van der Waals surface area contributed by atoms with E-state index < -0.39 is 5.91 Å². The van der Waals surface area contributed by atoms with Crippen LogP contribution in [0.15, 0.2) is 30.5 Å². The summed E-state index contributed by atoms with van der Waals surface area (Å²) in [6.45, 7) is 2.42. The summed E-state index contributed by atoms with van der Waals surface area (Å²) in [7, 11) is 0. The van der Waals surface area contributed by atoms with Gasteiger partial charge >= 0.3 is 0 Å². The Morgan fingerprint density at radius 1 is 1.33 bits per heavy atom. The maximum Gasteiger partial charge on any atom is 0.268 e. The van der Waals surface area contributed by atoms with E-state index in [1.54, 1.807) is 6.92 Å². The monoisotopic (exact) mass is 305 g/mol. The molecule has 1 heterocycles. The zero-order valence-corrected chi connectivity index (χ0v) is 12.3. The molecule has 6 nitrogen and oxygen atoms in total. The Bertz CT molecular complexity index is 630. The predicted octanol–water partition coefficient (Wildman–Crippen LogP) is 1.70. The number of nitrogen functional groups attached to an aromatic ring is 1. The molecule has 0 atom stereocenters. The lowest BCUT2D eigenvalue weighted by molar-refractivity contribution is 0.0952.